The third-order valence-electron chi connectivity index (χ3n) is 4.83. The van der Waals surface area contributed by atoms with E-state index < -0.39 is 0 Å². The number of hydrogen-bond donors (Lipinski definition) is 1. The van der Waals surface area contributed by atoms with Crippen LogP contribution < -0.4 is 5.32 Å². The lowest BCUT2D eigenvalue weighted by Crippen LogP contribution is -2.50. The molecule has 0 unspecified atom stereocenters. The van der Waals surface area contributed by atoms with Crippen molar-refractivity contribution in [2.75, 3.05) is 38.0 Å². The van der Waals surface area contributed by atoms with E-state index in [1.165, 1.54) is 0 Å². The number of nitrogens with zero attached hydrogens (tertiary/aromatic N) is 3. The molecule has 146 valence electrons. The SMILES string of the molecule is CCc1ccccc1NC(=O)CN1CCN(C(=O)/C=C/c2cccnc2)CC1. The lowest BCUT2D eigenvalue weighted by molar-refractivity contribution is -0.127. The maximum atomic E-state index is 12.4. The normalized spacial score (nSPS) is 15.0. The van der Waals surface area contributed by atoms with Gasteiger partial charge in [0.1, 0.15) is 0 Å². The van der Waals surface area contributed by atoms with Crippen LogP contribution in [0.4, 0.5) is 5.69 Å². The van der Waals surface area contributed by atoms with E-state index in [9.17, 15) is 9.59 Å². The topological polar surface area (TPSA) is 65.5 Å². The van der Waals surface area contributed by atoms with Crippen molar-refractivity contribution in [3.8, 4) is 0 Å². The van der Waals surface area contributed by atoms with Crippen molar-refractivity contribution in [2.45, 2.75) is 13.3 Å². The number of pyridine rings is 1. The monoisotopic (exact) mass is 378 g/mol. The molecule has 3 rings (SSSR count). The zero-order valence-corrected chi connectivity index (χ0v) is 16.2. The second-order valence-electron chi connectivity index (χ2n) is 6.78. The molecule has 1 aliphatic heterocycles. The zero-order chi connectivity index (χ0) is 19.8. The number of carbonyl (C=O) groups is 2. The molecule has 0 atom stereocenters. The fourth-order valence-electron chi connectivity index (χ4n) is 3.22. The number of carbonyl (C=O) groups excluding carboxylic acids is 2. The lowest BCUT2D eigenvalue weighted by Gasteiger charge is -2.33. The van der Waals surface area contributed by atoms with Gasteiger partial charge in [-0.2, -0.15) is 0 Å². The van der Waals surface area contributed by atoms with Crippen LogP contribution in [0.15, 0.2) is 54.9 Å². The van der Waals surface area contributed by atoms with E-state index in [4.69, 9.17) is 0 Å². The van der Waals surface area contributed by atoms with Crippen LogP contribution >= 0.6 is 0 Å². The molecule has 0 saturated carbocycles. The molecule has 2 amide bonds. The summed E-state index contributed by atoms with van der Waals surface area (Å²) in [5.41, 5.74) is 2.91. The van der Waals surface area contributed by atoms with Crippen LogP contribution in [0.3, 0.4) is 0 Å². The molecular formula is C22H26N4O2. The summed E-state index contributed by atoms with van der Waals surface area (Å²) < 4.78 is 0. The van der Waals surface area contributed by atoms with Crippen molar-refractivity contribution in [3.05, 3.63) is 66.0 Å². The number of anilines is 1. The number of rotatable bonds is 6. The summed E-state index contributed by atoms with van der Waals surface area (Å²) in [6.45, 7) is 5.03. The van der Waals surface area contributed by atoms with Gasteiger partial charge in [0, 0.05) is 50.3 Å². The molecule has 1 aliphatic rings. The number of benzene rings is 1. The molecule has 1 aromatic heterocycles. The van der Waals surface area contributed by atoms with Gasteiger partial charge in [-0.05, 0) is 35.8 Å². The van der Waals surface area contributed by atoms with Crippen molar-refractivity contribution in [3.63, 3.8) is 0 Å². The highest BCUT2D eigenvalue weighted by Gasteiger charge is 2.21. The molecule has 0 aliphatic carbocycles. The van der Waals surface area contributed by atoms with Crippen LogP contribution in [0.2, 0.25) is 0 Å². The Hall–Kier alpha value is -2.99. The van der Waals surface area contributed by atoms with Gasteiger partial charge in [-0.15, -0.1) is 0 Å². The highest BCUT2D eigenvalue weighted by molar-refractivity contribution is 5.93. The minimum atomic E-state index is -0.0165. The standard InChI is InChI=1S/C22H26N4O2/c1-2-19-7-3-4-8-20(19)24-21(27)17-25-12-14-26(15-13-25)22(28)10-9-18-6-5-11-23-16-18/h3-11,16H,2,12-15,17H2,1H3,(H,24,27)/b10-9+. The van der Waals surface area contributed by atoms with Crippen molar-refractivity contribution in [2.24, 2.45) is 0 Å². The van der Waals surface area contributed by atoms with Gasteiger partial charge in [0.15, 0.2) is 0 Å². The van der Waals surface area contributed by atoms with E-state index >= 15 is 0 Å². The highest BCUT2D eigenvalue weighted by atomic mass is 16.2. The van der Waals surface area contributed by atoms with Gasteiger partial charge in [-0.1, -0.05) is 31.2 Å². The summed E-state index contributed by atoms with van der Waals surface area (Å²) in [6, 6.07) is 11.6. The van der Waals surface area contributed by atoms with Gasteiger partial charge < -0.3 is 10.2 Å². The Balaban J connectivity index is 1.45. The van der Waals surface area contributed by atoms with Gasteiger partial charge >= 0.3 is 0 Å². The maximum absolute atomic E-state index is 12.4. The summed E-state index contributed by atoms with van der Waals surface area (Å²) >= 11 is 0. The molecule has 2 aromatic rings. The van der Waals surface area contributed by atoms with Crippen LogP contribution in [0.5, 0.6) is 0 Å². The number of para-hydroxylation sites is 1. The molecule has 1 fully saturated rings. The van der Waals surface area contributed by atoms with Crippen molar-refractivity contribution in [1.82, 2.24) is 14.8 Å². The van der Waals surface area contributed by atoms with Crippen molar-refractivity contribution >= 4 is 23.6 Å². The first kappa shape index (κ1) is 19.8. The number of piperazine rings is 1. The fraction of sp³-hybridized carbons (Fsp3) is 0.318. The number of nitrogens with one attached hydrogen (secondary N) is 1. The Morgan fingerprint density at radius 1 is 1.11 bits per heavy atom. The Morgan fingerprint density at radius 3 is 2.61 bits per heavy atom. The summed E-state index contributed by atoms with van der Waals surface area (Å²) in [4.78, 5) is 32.6. The maximum Gasteiger partial charge on any atom is 0.246 e. The van der Waals surface area contributed by atoms with Gasteiger partial charge in [0.2, 0.25) is 11.8 Å². The molecule has 6 nitrogen and oxygen atoms in total. The Labute approximate surface area is 165 Å². The van der Waals surface area contributed by atoms with Gasteiger partial charge in [-0.25, -0.2) is 0 Å². The quantitative estimate of drug-likeness (QED) is 0.784. The molecule has 1 aromatic carbocycles. The predicted molar refractivity (Wildman–Crippen MR) is 111 cm³/mol. The largest absolute Gasteiger partial charge is 0.337 e. The van der Waals surface area contributed by atoms with E-state index in [-0.39, 0.29) is 11.8 Å². The van der Waals surface area contributed by atoms with E-state index in [1.54, 1.807) is 24.5 Å². The highest BCUT2D eigenvalue weighted by Crippen LogP contribution is 2.15. The number of aromatic nitrogens is 1. The molecular weight excluding hydrogens is 352 g/mol. The third kappa shape index (κ3) is 5.50. The first-order valence-corrected chi connectivity index (χ1v) is 9.63. The number of amides is 2. The number of aryl methyl sites for hydroxylation is 1. The molecule has 1 N–H and O–H groups in total. The Bertz CT molecular complexity index is 827. The van der Waals surface area contributed by atoms with Gasteiger partial charge in [0.25, 0.3) is 0 Å². The number of hydrogen-bond acceptors (Lipinski definition) is 4. The minimum absolute atomic E-state index is 0.00942. The second kappa shape index (κ2) is 9.80. The first-order chi connectivity index (χ1) is 13.7. The van der Waals surface area contributed by atoms with Crippen molar-refractivity contribution < 1.29 is 9.59 Å². The average Bonchev–Trinajstić information content (AvgIpc) is 2.73. The zero-order valence-electron chi connectivity index (χ0n) is 16.2. The van der Waals surface area contributed by atoms with Crippen molar-refractivity contribution in [1.29, 1.82) is 0 Å². The molecule has 0 spiro atoms. The summed E-state index contributed by atoms with van der Waals surface area (Å²) in [5, 5.41) is 3.00. The van der Waals surface area contributed by atoms with Crippen LogP contribution in [-0.2, 0) is 16.0 Å². The molecule has 1 saturated heterocycles. The van der Waals surface area contributed by atoms with E-state index in [0.717, 1.165) is 23.2 Å². The van der Waals surface area contributed by atoms with E-state index in [2.05, 4.69) is 22.1 Å². The Morgan fingerprint density at radius 2 is 1.89 bits per heavy atom. The Kier molecular flexibility index (Phi) is 6.92. The minimum Gasteiger partial charge on any atom is -0.337 e. The molecule has 6 heteroatoms. The second-order valence-corrected chi connectivity index (χ2v) is 6.78. The summed E-state index contributed by atoms with van der Waals surface area (Å²) in [6.07, 6.45) is 7.66. The predicted octanol–water partition coefficient (Wildman–Crippen LogP) is 2.44. The molecule has 0 radical (unpaired) electrons. The smallest absolute Gasteiger partial charge is 0.246 e. The van der Waals surface area contributed by atoms with Crippen LogP contribution in [0.1, 0.15) is 18.1 Å². The van der Waals surface area contributed by atoms with Gasteiger partial charge in [-0.3, -0.25) is 19.5 Å². The van der Waals surface area contributed by atoms with E-state index in [1.807, 2.05) is 41.3 Å². The van der Waals surface area contributed by atoms with Crippen LogP contribution in [0, 0.1) is 0 Å². The molecule has 2 heterocycles. The summed E-state index contributed by atoms with van der Waals surface area (Å²) in [7, 11) is 0. The van der Waals surface area contributed by atoms with E-state index in [0.29, 0.717) is 32.7 Å². The van der Waals surface area contributed by atoms with Crippen LogP contribution in [-0.4, -0.2) is 59.3 Å². The van der Waals surface area contributed by atoms with Gasteiger partial charge in [0.05, 0.1) is 6.54 Å². The molecule has 0 bridgehead atoms. The fourth-order valence-corrected chi connectivity index (χ4v) is 3.22. The molecule has 28 heavy (non-hydrogen) atoms. The average molecular weight is 378 g/mol. The third-order valence-corrected chi connectivity index (χ3v) is 4.83. The lowest BCUT2D eigenvalue weighted by atomic mass is 10.1. The first-order valence-electron chi connectivity index (χ1n) is 9.63. The summed E-state index contributed by atoms with van der Waals surface area (Å²) in [5.74, 6) is -0.0259. The van der Waals surface area contributed by atoms with Crippen LogP contribution in [0.25, 0.3) is 6.08 Å².